The van der Waals surface area contributed by atoms with E-state index in [1.165, 1.54) is 23.0 Å². The maximum atomic E-state index is 13.2. The molecule has 0 aliphatic heterocycles. The van der Waals surface area contributed by atoms with Crippen LogP contribution in [0.5, 0.6) is 5.88 Å². The highest BCUT2D eigenvalue weighted by molar-refractivity contribution is 6.33. The fourth-order valence-electron chi connectivity index (χ4n) is 2.44. The van der Waals surface area contributed by atoms with Gasteiger partial charge in [0.15, 0.2) is 0 Å². The van der Waals surface area contributed by atoms with Crippen LogP contribution in [0, 0.1) is 0 Å². The zero-order chi connectivity index (χ0) is 20.9. The number of halogens is 4. The summed E-state index contributed by atoms with van der Waals surface area (Å²) in [5, 5.41) is 2.92. The molecule has 0 radical (unpaired) electrons. The number of nitrogens with one attached hydrogen (secondary N) is 1. The second kappa shape index (κ2) is 8.95. The molecule has 3 aromatic heterocycles. The van der Waals surface area contributed by atoms with Crippen LogP contribution in [0.3, 0.4) is 0 Å². The molecule has 0 aliphatic rings. The van der Waals surface area contributed by atoms with Gasteiger partial charge in [0, 0.05) is 37.4 Å². The lowest BCUT2D eigenvalue weighted by atomic mass is 10.2. The molecule has 0 spiro atoms. The molecule has 0 saturated carbocycles. The molecule has 3 rings (SSSR count). The third-order valence-electron chi connectivity index (χ3n) is 3.85. The molecule has 0 unspecified atom stereocenters. The van der Waals surface area contributed by atoms with Gasteiger partial charge in [0.05, 0.1) is 22.8 Å². The van der Waals surface area contributed by atoms with Crippen molar-refractivity contribution in [2.75, 3.05) is 13.2 Å². The maximum absolute atomic E-state index is 13.2. The van der Waals surface area contributed by atoms with E-state index in [4.69, 9.17) is 16.3 Å². The van der Waals surface area contributed by atoms with Gasteiger partial charge in [-0.1, -0.05) is 11.6 Å². The van der Waals surface area contributed by atoms with Crippen molar-refractivity contribution in [3.8, 4) is 11.7 Å². The zero-order valence-electron chi connectivity index (χ0n) is 15.0. The molecule has 6 nitrogen and oxygen atoms in total. The summed E-state index contributed by atoms with van der Waals surface area (Å²) in [4.78, 5) is 20.0. The van der Waals surface area contributed by atoms with E-state index in [2.05, 4.69) is 15.3 Å². The van der Waals surface area contributed by atoms with Gasteiger partial charge in [-0.05, 0) is 30.7 Å². The van der Waals surface area contributed by atoms with Gasteiger partial charge in [-0.3, -0.25) is 9.78 Å². The lowest BCUT2D eigenvalue weighted by Crippen LogP contribution is -2.26. The predicted octanol–water partition coefficient (Wildman–Crippen LogP) is 4.14. The molecule has 0 aromatic carbocycles. The minimum absolute atomic E-state index is 0.0699. The number of hydrogen-bond donors (Lipinski definition) is 1. The van der Waals surface area contributed by atoms with Gasteiger partial charge >= 0.3 is 6.18 Å². The monoisotopic (exact) mass is 424 g/mol. The fraction of sp³-hybridized carbons (Fsp3) is 0.211. The third-order valence-corrected chi connectivity index (χ3v) is 4.18. The SMILES string of the molecule is O=C(NCCCOc1cc(C(F)(F)F)cc(-n2cccc2)n1)c1cnccc1Cl. The van der Waals surface area contributed by atoms with Crippen LogP contribution in [0.1, 0.15) is 22.3 Å². The van der Waals surface area contributed by atoms with Crippen LogP contribution in [-0.4, -0.2) is 33.6 Å². The highest BCUT2D eigenvalue weighted by Gasteiger charge is 2.32. The van der Waals surface area contributed by atoms with Crippen LogP contribution in [-0.2, 0) is 6.18 Å². The van der Waals surface area contributed by atoms with E-state index in [9.17, 15) is 18.0 Å². The minimum atomic E-state index is -4.53. The number of nitrogens with zero attached hydrogens (tertiary/aromatic N) is 3. The highest BCUT2D eigenvalue weighted by Crippen LogP contribution is 2.32. The van der Waals surface area contributed by atoms with Crippen molar-refractivity contribution in [3.05, 3.63) is 71.3 Å². The van der Waals surface area contributed by atoms with E-state index >= 15 is 0 Å². The normalized spacial score (nSPS) is 11.3. The zero-order valence-corrected chi connectivity index (χ0v) is 15.7. The first-order valence-electron chi connectivity index (χ1n) is 8.58. The van der Waals surface area contributed by atoms with Gasteiger partial charge in [0.25, 0.3) is 5.91 Å². The molecule has 3 aromatic rings. The molecule has 152 valence electrons. The number of rotatable bonds is 7. The number of carbonyl (C=O) groups is 1. The Bertz CT molecular complexity index is 978. The minimum Gasteiger partial charge on any atom is -0.478 e. The fourth-order valence-corrected chi connectivity index (χ4v) is 2.63. The second-order valence-electron chi connectivity index (χ2n) is 5.95. The van der Waals surface area contributed by atoms with E-state index in [1.807, 2.05) is 0 Å². The Labute approximate surface area is 169 Å². The molecule has 10 heteroatoms. The summed E-state index contributed by atoms with van der Waals surface area (Å²) in [5.74, 6) is -0.445. The van der Waals surface area contributed by atoms with Crippen LogP contribution >= 0.6 is 11.6 Å². The van der Waals surface area contributed by atoms with Gasteiger partial charge in [-0.25, -0.2) is 0 Å². The molecule has 1 N–H and O–H groups in total. The number of aromatic nitrogens is 3. The number of carbonyl (C=O) groups excluding carboxylic acids is 1. The largest absolute Gasteiger partial charge is 0.478 e. The van der Waals surface area contributed by atoms with E-state index in [1.54, 1.807) is 24.5 Å². The molecule has 29 heavy (non-hydrogen) atoms. The Balaban J connectivity index is 1.58. The molecule has 3 heterocycles. The summed E-state index contributed by atoms with van der Waals surface area (Å²) >= 11 is 5.92. The molecule has 0 saturated heterocycles. The average molecular weight is 425 g/mol. The van der Waals surface area contributed by atoms with Gasteiger partial charge in [-0.2, -0.15) is 18.2 Å². The number of alkyl halides is 3. The van der Waals surface area contributed by atoms with Crippen molar-refractivity contribution in [1.29, 1.82) is 0 Å². The first-order valence-corrected chi connectivity index (χ1v) is 8.95. The number of hydrogen-bond acceptors (Lipinski definition) is 4. The third kappa shape index (κ3) is 5.47. The number of pyridine rings is 2. The van der Waals surface area contributed by atoms with E-state index in [-0.39, 0.29) is 35.4 Å². The Hall–Kier alpha value is -3.07. The molecule has 0 atom stereocenters. The van der Waals surface area contributed by atoms with Gasteiger partial charge in [0.2, 0.25) is 5.88 Å². The standard InChI is InChI=1S/C19H16ClF3N4O2/c20-15-4-6-24-12-14(15)18(28)25-5-3-9-29-17-11-13(19(21,22)23)10-16(26-17)27-7-1-2-8-27/h1-2,4,6-8,10-12H,3,5,9H2,(H,25,28). The lowest BCUT2D eigenvalue weighted by molar-refractivity contribution is -0.137. The molecule has 0 bridgehead atoms. The first-order chi connectivity index (χ1) is 13.8. The van der Waals surface area contributed by atoms with Crippen molar-refractivity contribution >= 4 is 17.5 Å². The van der Waals surface area contributed by atoms with E-state index < -0.39 is 17.6 Å². The van der Waals surface area contributed by atoms with Crippen LogP contribution < -0.4 is 10.1 Å². The van der Waals surface area contributed by atoms with Gasteiger partial charge in [0.1, 0.15) is 5.82 Å². The quantitative estimate of drug-likeness (QED) is 0.579. The van der Waals surface area contributed by atoms with E-state index in [0.717, 1.165) is 12.1 Å². The predicted molar refractivity (Wildman–Crippen MR) is 100 cm³/mol. The Kier molecular flexibility index (Phi) is 6.38. The smallest absolute Gasteiger partial charge is 0.416 e. The molecule has 0 fully saturated rings. The summed E-state index contributed by atoms with van der Waals surface area (Å²) in [7, 11) is 0. The first kappa shape index (κ1) is 20.7. The molecular weight excluding hydrogens is 409 g/mol. The summed E-state index contributed by atoms with van der Waals surface area (Å²) in [6, 6.07) is 6.66. The van der Waals surface area contributed by atoms with Crippen molar-refractivity contribution in [1.82, 2.24) is 19.9 Å². The summed E-state index contributed by atoms with van der Waals surface area (Å²) in [6.45, 7) is 0.313. The Morgan fingerprint density at radius 3 is 2.69 bits per heavy atom. The van der Waals surface area contributed by atoms with Gasteiger partial charge < -0.3 is 14.6 Å². The Morgan fingerprint density at radius 2 is 2.00 bits per heavy atom. The lowest BCUT2D eigenvalue weighted by Gasteiger charge is -2.13. The summed E-state index contributed by atoms with van der Waals surface area (Å²) in [5.41, 5.74) is -0.614. The molecule has 1 amide bonds. The number of amides is 1. The summed E-state index contributed by atoms with van der Waals surface area (Å²) in [6.07, 6.45) is 1.83. The number of ether oxygens (including phenoxy) is 1. The maximum Gasteiger partial charge on any atom is 0.416 e. The molecular formula is C19H16ClF3N4O2. The van der Waals surface area contributed by atoms with Crippen LogP contribution in [0.25, 0.3) is 5.82 Å². The van der Waals surface area contributed by atoms with Crippen molar-refractivity contribution in [2.45, 2.75) is 12.6 Å². The topological polar surface area (TPSA) is 69.0 Å². The van der Waals surface area contributed by atoms with E-state index in [0.29, 0.717) is 6.42 Å². The molecule has 0 aliphatic carbocycles. The van der Waals surface area contributed by atoms with Crippen LogP contribution in [0.2, 0.25) is 5.02 Å². The van der Waals surface area contributed by atoms with Crippen LogP contribution in [0.4, 0.5) is 13.2 Å². The Morgan fingerprint density at radius 1 is 1.24 bits per heavy atom. The van der Waals surface area contributed by atoms with Gasteiger partial charge in [-0.15, -0.1) is 0 Å². The second-order valence-corrected chi connectivity index (χ2v) is 6.36. The highest BCUT2D eigenvalue weighted by atomic mass is 35.5. The average Bonchev–Trinajstić information content (AvgIpc) is 3.22. The van der Waals surface area contributed by atoms with Crippen molar-refractivity contribution < 1.29 is 22.7 Å². The van der Waals surface area contributed by atoms with Crippen molar-refractivity contribution in [3.63, 3.8) is 0 Å². The van der Waals surface area contributed by atoms with Crippen molar-refractivity contribution in [2.24, 2.45) is 0 Å². The summed E-state index contributed by atoms with van der Waals surface area (Å²) < 4.78 is 46.3. The van der Waals surface area contributed by atoms with Crippen LogP contribution in [0.15, 0.2) is 55.1 Å².